The molecule has 0 aliphatic heterocycles. The van der Waals surface area contributed by atoms with Gasteiger partial charge in [0.2, 0.25) is 0 Å². The fraction of sp³-hybridized carbons (Fsp3) is 0.455. The van der Waals surface area contributed by atoms with Crippen LogP contribution in [0, 0.1) is 0 Å². The van der Waals surface area contributed by atoms with Crippen molar-refractivity contribution in [3.63, 3.8) is 0 Å². The molecule has 0 heterocycles. The second kappa shape index (κ2) is 6.59. The molecule has 0 amide bonds. The zero-order chi connectivity index (χ0) is 12.9. The van der Waals surface area contributed by atoms with Gasteiger partial charge >= 0.3 is 0 Å². The van der Waals surface area contributed by atoms with Crippen LogP contribution in [0.3, 0.4) is 0 Å². The lowest BCUT2D eigenvalue weighted by atomic mass is 10.4. The molecule has 1 aromatic rings. The topological polar surface area (TPSA) is 46.2 Å². The van der Waals surface area contributed by atoms with Crippen LogP contribution in [0.4, 0.5) is 0 Å². The van der Waals surface area contributed by atoms with Crippen molar-refractivity contribution < 1.29 is 8.42 Å². The average molecular weight is 296 g/mol. The largest absolute Gasteiger partial charge is 0.316 e. The summed E-state index contributed by atoms with van der Waals surface area (Å²) in [5.74, 6) is 0.0453. The van der Waals surface area contributed by atoms with Gasteiger partial charge in [-0.05, 0) is 31.2 Å². The van der Waals surface area contributed by atoms with E-state index in [0.717, 1.165) is 13.0 Å². The summed E-state index contributed by atoms with van der Waals surface area (Å²) in [6.45, 7) is 3.27. The van der Waals surface area contributed by atoms with E-state index >= 15 is 0 Å². The Labute approximate surface area is 112 Å². The van der Waals surface area contributed by atoms with Crippen LogP contribution < -0.4 is 5.32 Å². The lowest BCUT2D eigenvalue weighted by Crippen LogP contribution is -2.23. The lowest BCUT2D eigenvalue weighted by Gasteiger charge is -2.06. The Balaban J connectivity index is 2.75. The highest BCUT2D eigenvalue weighted by molar-refractivity contribution is 7.91. The number of hydrogen-bond acceptors (Lipinski definition) is 3. The van der Waals surface area contributed by atoms with Gasteiger partial charge in [0.15, 0.2) is 9.84 Å². The molecule has 0 fully saturated rings. The fourth-order valence-corrected chi connectivity index (χ4v) is 3.25. The normalized spacial score (nSPS) is 11.7. The van der Waals surface area contributed by atoms with Crippen molar-refractivity contribution in [2.45, 2.75) is 18.2 Å². The molecule has 96 valence electrons. The highest BCUT2D eigenvalue weighted by Gasteiger charge is 2.15. The standard InChI is InChI=1S/C11H15Cl2NO2S/c1-2-3-14-4-5-17(15,16)11-7-9(12)6-10(13)8-11/h6-8,14H,2-5H2,1H3. The Kier molecular flexibility index (Phi) is 5.73. The highest BCUT2D eigenvalue weighted by atomic mass is 35.5. The van der Waals surface area contributed by atoms with Gasteiger partial charge in [-0.2, -0.15) is 0 Å². The first kappa shape index (κ1) is 14.8. The zero-order valence-corrected chi connectivity index (χ0v) is 11.9. The molecule has 0 unspecified atom stereocenters. The van der Waals surface area contributed by atoms with Crippen LogP contribution in [0.5, 0.6) is 0 Å². The Morgan fingerprint density at radius 3 is 2.24 bits per heavy atom. The first-order valence-corrected chi connectivity index (χ1v) is 7.76. The van der Waals surface area contributed by atoms with Gasteiger partial charge in [0, 0.05) is 16.6 Å². The quantitative estimate of drug-likeness (QED) is 0.821. The summed E-state index contributed by atoms with van der Waals surface area (Å²) in [6.07, 6.45) is 0.975. The molecule has 0 saturated heterocycles. The van der Waals surface area contributed by atoms with E-state index in [1.165, 1.54) is 18.2 Å². The number of nitrogens with one attached hydrogen (secondary N) is 1. The molecule has 0 bridgehead atoms. The average Bonchev–Trinajstić information content (AvgIpc) is 2.23. The minimum atomic E-state index is -3.32. The van der Waals surface area contributed by atoms with Crippen LogP contribution in [-0.4, -0.2) is 27.3 Å². The highest BCUT2D eigenvalue weighted by Crippen LogP contribution is 2.22. The van der Waals surface area contributed by atoms with Gasteiger partial charge in [0.1, 0.15) is 0 Å². The van der Waals surface area contributed by atoms with E-state index < -0.39 is 9.84 Å². The zero-order valence-electron chi connectivity index (χ0n) is 9.54. The van der Waals surface area contributed by atoms with E-state index in [1.807, 2.05) is 6.92 Å². The number of hydrogen-bond donors (Lipinski definition) is 1. The predicted octanol–water partition coefficient (Wildman–Crippen LogP) is 2.77. The maximum Gasteiger partial charge on any atom is 0.179 e. The third kappa shape index (κ3) is 4.84. The molecular formula is C11H15Cl2NO2S. The van der Waals surface area contributed by atoms with E-state index in [1.54, 1.807) is 0 Å². The Bertz CT molecular complexity index is 454. The van der Waals surface area contributed by atoms with Crippen molar-refractivity contribution in [1.29, 1.82) is 0 Å². The molecule has 0 aliphatic carbocycles. The SMILES string of the molecule is CCCNCCS(=O)(=O)c1cc(Cl)cc(Cl)c1. The van der Waals surface area contributed by atoms with Gasteiger partial charge in [-0.25, -0.2) is 8.42 Å². The van der Waals surface area contributed by atoms with Crippen molar-refractivity contribution in [3.8, 4) is 0 Å². The van der Waals surface area contributed by atoms with Gasteiger partial charge in [-0.15, -0.1) is 0 Å². The van der Waals surface area contributed by atoms with Gasteiger partial charge < -0.3 is 5.32 Å². The van der Waals surface area contributed by atoms with Crippen LogP contribution in [0.1, 0.15) is 13.3 Å². The predicted molar refractivity (Wildman–Crippen MR) is 71.7 cm³/mol. The van der Waals surface area contributed by atoms with Crippen LogP contribution in [0.2, 0.25) is 10.0 Å². The Hall–Kier alpha value is -0.290. The second-order valence-corrected chi connectivity index (χ2v) is 6.66. The van der Waals surface area contributed by atoms with Crippen LogP contribution in [-0.2, 0) is 9.84 Å². The summed E-state index contributed by atoms with van der Waals surface area (Å²) in [5, 5.41) is 3.71. The minimum absolute atomic E-state index is 0.0453. The van der Waals surface area contributed by atoms with Crippen molar-refractivity contribution >= 4 is 33.0 Å². The summed E-state index contributed by atoms with van der Waals surface area (Å²) in [5.41, 5.74) is 0. The number of benzene rings is 1. The first-order chi connectivity index (χ1) is 7.95. The maximum atomic E-state index is 11.9. The van der Waals surface area contributed by atoms with E-state index in [0.29, 0.717) is 16.6 Å². The molecular weight excluding hydrogens is 281 g/mol. The maximum absolute atomic E-state index is 11.9. The third-order valence-corrected chi connectivity index (χ3v) is 4.30. The van der Waals surface area contributed by atoms with E-state index in [-0.39, 0.29) is 10.6 Å². The van der Waals surface area contributed by atoms with Crippen molar-refractivity contribution in [1.82, 2.24) is 5.32 Å². The van der Waals surface area contributed by atoms with Crippen LogP contribution >= 0.6 is 23.2 Å². The van der Waals surface area contributed by atoms with Gasteiger partial charge in [0.25, 0.3) is 0 Å². The molecule has 0 atom stereocenters. The molecule has 0 saturated carbocycles. The summed E-state index contributed by atoms with van der Waals surface area (Å²) in [7, 11) is -3.32. The summed E-state index contributed by atoms with van der Waals surface area (Å²) >= 11 is 11.6. The third-order valence-electron chi connectivity index (χ3n) is 2.17. The van der Waals surface area contributed by atoms with Crippen molar-refractivity contribution in [3.05, 3.63) is 28.2 Å². The van der Waals surface area contributed by atoms with Crippen LogP contribution in [0.25, 0.3) is 0 Å². The van der Waals surface area contributed by atoms with Gasteiger partial charge in [-0.1, -0.05) is 30.1 Å². The summed E-state index contributed by atoms with van der Waals surface area (Å²) in [4.78, 5) is 0.174. The van der Waals surface area contributed by atoms with E-state index in [9.17, 15) is 8.42 Å². The Morgan fingerprint density at radius 1 is 1.12 bits per heavy atom. The molecule has 6 heteroatoms. The molecule has 1 rings (SSSR count). The molecule has 3 nitrogen and oxygen atoms in total. The first-order valence-electron chi connectivity index (χ1n) is 5.35. The van der Waals surface area contributed by atoms with E-state index in [4.69, 9.17) is 23.2 Å². The molecule has 17 heavy (non-hydrogen) atoms. The Morgan fingerprint density at radius 2 is 1.71 bits per heavy atom. The summed E-state index contributed by atoms with van der Waals surface area (Å²) < 4.78 is 23.9. The molecule has 1 aromatic carbocycles. The monoisotopic (exact) mass is 295 g/mol. The van der Waals surface area contributed by atoms with E-state index in [2.05, 4.69) is 5.32 Å². The fourth-order valence-electron chi connectivity index (χ4n) is 1.33. The number of sulfone groups is 1. The molecule has 0 aliphatic rings. The molecule has 0 aromatic heterocycles. The lowest BCUT2D eigenvalue weighted by molar-refractivity contribution is 0.590. The van der Waals surface area contributed by atoms with Crippen molar-refractivity contribution in [2.75, 3.05) is 18.8 Å². The van der Waals surface area contributed by atoms with Gasteiger partial charge in [0.05, 0.1) is 10.6 Å². The smallest absolute Gasteiger partial charge is 0.179 e. The second-order valence-electron chi connectivity index (χ2n) is 3.67. The van der Waals surface area contributed by atoms with Crippen molar-refractivity contribution in [2.24, 2.45) is 0 Å². The minimum Gasteiger partial charge on any atom is -0.316 e. The molecule has 0 radical (unpaired) electrons. The number of rotatable bonds is 6. The summed E-state index contributed by atoms with van der Waals surface area (Å²) in [6, 6.07) is 4.35. The molecule has 1 N–H and O–H groups in total. The van der Waals surface area contributed by atoms with Crippen LogP contribution in [0.15, 0.2) is 23.1 Å². The van der Waals surface area contributed by atoms with Gasteiger partial charge in [-0.3, -0.25) is 0 Å². The number of halogens is 2. The molecule has 0 spiro atoms.